The first-order chi connectivity index (χ1) is 11.2. The Balaban J connectivity index is 1.41. The summed E-state index contributed by atoms with van der Waals surface area (Å²) in [5.74, 6) is -0.00155. The number of rotatable bonds is 4. The third-order valence-electron chi connectivity index (χ3n) is 4.16. The van der Waals surface area contributed by atoms with E-state index in [-0.39, 0.29) is 24.2 Å². The number of hydrogen-bond acceptors (Lipinski definition) is 5. The molecule has 1 saturated carbocycles. The lowest BCUT2D eigenvalue weighted by atomic mass is 10.1. The van der Waals surface area contributed by atoms with E-state index >= 15 is 0 Å². The summed E-state index contributed by atoms with van der Waals surface area (Å²) in [6.45, 7) is 0.406. The van der Waals surface area contributed by atoms with Crippen LogP contribution in [-0.4, -0.2) is 28.6 Å². The maximum Gasteiger partial charge on any atom is 0.231 e. The molecule has 0 spiro atoms. The smallest absolute Gasteiger partial charge is 0.231 e. The van der Waals surface area contributed by atoms with Crippen LogP contribution >= 0.6 is 11.3 Å². The monoisotopic (exact) mass is 328 g/mol. The molecule has 1 atom stereocenters. The molecule has 23 heavy (non-hydrogen) atoms. The van der Waals surface area contributed by atoms with Gasteiger partial charge < -0.3 is 10.2 Å². The van der Waals surface area contributed by atoms with Crippen molar-refractivity contribution in [2.75, 3.05) is 16.8 Å². The van der Waals surface area contributed by atoms with Crippen LogP contribution in [-0.2, 0) is 9.59 Å². The Labute approximate surface area is 137 Å². The Kier molecular flexibility index (Phi) is 3.57. The zero-order chi connectivity index (χ0) is 15.8. The van der Waals surface area contributed by atoms with E-state index in [1.165, 1.54) is 11.3 Å². The summed E-state index contributed by atoms with van der Waals surface area (Å²) in [6, 6.07) is 9.43. The van der Waals surface area contributed by atoms with Gasteiger partial charge in [-0.3, -0.25) is 9.59 Å². The van der Waals surface area contributed by atoms with Crippen molar-refractivity contribution in [3.63, 3.8) is 0 Å². The minimum atomic E-state index is -0.351. The molecule has 2 aliphatic rings. The van der Waals surface area contributed by atoms with Gasteiger partial charge >= 0.3 is 0 Å². The maximum atomic E-state index is 12.4. The molecule has 1 saturated heterocycles. The van der Waals surface area contributed by atoms with Crippen molar-refractivity contribution in [3.05, 3.63) is 35.3 Å². The molecule has 6 nitrogen and oxygen atoms in total. The van der Waals surface area contributed by atoms with Crippen LogP contribution in [0.1, 0.15) is 30.2 Å². The van der Waals surface area contributed by atoms with Gasteiger partial charge in [-0.05, 0) is 25.0 Å². The highest BCUT2D eigenvalue weighted by Gasteiger charge is 2.35. The second-order valence-corrected chi connectivity index (χ2v) is 6.96. The first-order valence-corrected chi connectivity index (χ1v) is 8.52. The fourth-order valence-corrected chi connectivity index (χ4v) is 3.64. The van der Waals surface area contributed by atoms with Gasteiger partial charge in [0, 0.05) is 24.6 Å². The molecule has 4 rings (SSSR count). The molecular formula is C16H16N4O2S. The fourth-order valence-electron chi connectivity index (χ4n) is 2.73. The van der Waals surface area contributed by atoms with Crippen molar-refractivity contribution >= 4 is 34.0 Å². The molecule has 2 amide bonds. The largest absolute Gasteiger partial charge is 0.312 e. The van der Waals surface area contributed by atoms with Crippen LogP contribution in [0.2, 0.25) is 0 Å². The van der Waals surface area contributed by atoms with Crippen LogP contribution < -0.4 is 10.2 Å². The van der Waals surface area contributed by atoms with Gasteiger partial charge in [-0.1, -0.05) is 29.5 Å². The van der Waals surface area contributed by atoms with Crippen molar-refractivity contribution in [1.29, 1.82) is 0 Å². The van der Waals surface area contributed by atoms with E-state index < -0.39 is 0 Å². The van der Waals surface area contributed by atoms with E-state index in [4.69, 9.17) is 0 Å². The molecule has 1 N–H and O–H groups in total. The van der Waals surface area contributed by atoms with E-state index in [2.05, 4.69) is 15.5 Å². The number of benzene rings is 1. The second-order valence-electron chi connectivity index (χ2n) is 5.95. The molecule has 7 heteroatoms. The van der Waals surface area contributed by atoms with E-state index in [9.17, 15) is 9.59 Å². The maximum absolute atomic E-state index is 12.4. The highest BCUT2D eigenvalue weighted by atomic mass is 32.1. The van der Waals surface area contributed by atoms with E-state index in [1.807, 2.05) is 30.3 Å². The zero-order valence-electron chi connectivity index (χ0n) is 12.4. The Morgan fingerprint density at radius 2 is 2.00 bits per heavy atom. The van der Waals surface area contributed by atoms with Gasteiger partial charge in [0.05, 0.1) is 5.92 Å². The van der Waals surface area contributed by atoms with E-state index in [1.54, 1.807) is 4.90 Å². The fraction of sp³-hybridized carbons (Fsp3) is 0.375. The number of aromatic nitrogens is 2. The van der Waals surface area contributed by atoms with E-state index in [0.717, 1.165) is 23.5 Å². The Morgan fingerprint density at radius 3 is 2.74 bits per heavy atom. The van der Waals surface area contributed by atoms with Crippen molar-refractivity contribution in [1.82, 2.24) is 10.2 Å². The van der Waals surface area contributed by atoms with Crippen molar-refractivity contribution < 1.29 is 9.59 Å². The minimum Gasteiger partial charge on any atom is -0.312 e. The van der Waals surface area contributed by atoms with Crippen molar-refractivity contribution in [2.45, 2.75) is 25.2 Å². The average molecular weight is 328 g/mol. The summed E-state index contributed by atoms with van der Waals surface area (Å²) < 4.78 is 0. The number of anilines is 2. The molecule has 1 aliphatic carbocycles. The summed E-state index contributed by atoms with van der Waals surface area (Å²) in [4.78, 5) is 26.2. The third kappa shape index (κ3) is 2.96. The van der Waals surface area contributed by atoms with Crippen LogP contribution in [0.15, 0.2) is 30.3 Å². The molecule has 118 valence electrons. The summed E-state index contributed by atoms with van der Waals surface area (Å²) >= 11 is 1.44. The molecule has 2 heterocycles. The first kappa shape index (κ1) is 14.3. The van der Waals surface area contributed by atoms with Gasteiger partial charge in [-0.2, -0.15) is 0 Å². The summed E-state index contributed by atoms with van der Waals surface area (Å²) in [7, 11) is 0. The summed E-state index contributed by atoms with van der Waals surface area (Å²) in [5.41, 5.74) is 0.833. The van der Waals surface area contributed by atoms with Crippen LogP contribution in [0.4, 0.5) is 10.8 Å². The highest BCUT2D eigenvalue weighted by Crippen LogP contribution is 2.42. The van der Waals surface area contributed by atoms with Crippen LogP contribution in [0.5, 0.6) is 0 Å². The van der Waals surface area contributed by atoms with Crippen LogP contribution in [0.3, 0.4) is 0 Å². The Bertz CT molecular complexity index is 742. The molecular weight excluding hydrogens is 312 g/mol. The Hall–Kier alpha value is -2.28. The van der Waals surface area contributed by atoms with E-state index in [0.29, 0.717) is 17.6 Å². The lowest BCUT2D eigenvalue weighted by Crippen LogP contribution is -2.28. The molecule has 1 aromatic carbocycles. The minimum absolute atomic E-state index is 0.0210. The van der Waals surface area contributed by atoms with Gasteiger partial charge in [0.1, 0.15) is 5.01 Å². The number of para-hydroxylation sites is 1. The normalized spacial score (nSPS) is 20.8. The summed E-state index contributed by atoms with van der Waals surface area (Å²) in [6.07, 6.45) is 2.55. The molecule has 2 fully saturated rings. The molecule has 2 aromatic rings. The zero-order valence-corrected chi connectivity index (χ0v) is 13.3. The first-order valence-electron chi connectivity index (χ1n) is 7.70. The van der Waals surface area contributed by atoms with Crippen LogP contribution in [0, 0.1) is 5.92 Å². The number of hydrogen-bond donors (Lipinski definition) is 1. The summed E-state index contributed by atoms with van der Waals surface area (Å²) in [5, 5.41) is 12.5. The Morgan fingerprint density at radius 1 is 1.22 bits per heavy atom. The lowest BCUT2D eigenvalue weighted by molar-refractivity contribution is -0.122. The van der Waals surface area contributed by atoms with Gasteiger partial charge in [0.25, 0.3) is 0 Å². The number of nitrogens with one attached hydrogen (secondary N) is 1. The molecule has 0 unspecified atom stereocenters. The number of carbonyl (C=O) groups is 2. The van der Waals surface area contributed by atoms with Gasteiger partial charge in [0.15, 0.2) is 0 Å². The van der Waals surface area contributed by atoms with Gasteiger partial charge in [-0.15, -0.1) is 10.2 Å². The molecule has 0 radical (unpaired) electrons. The van der Waals surface area contributed by atoms with Crippen molar-refractivity contribution in [2.24, 2.45) is 5.92 Å². The SMILES string of the molecule is O=C(Nc1nnc(C2CC2)s1)[C@@H]1CC(=O)N(c2ccccc2)C1. The van der Waals surface area contributed by atoms with Gasteiger partial charge in [0.2, 0.25) is 16.9 Å². The molecule has 0 bridgehead atoms. The number of amides is 2. The molecule has 1 aromatic heterocycles. The van der Waals surface area contributed by atoms with Crippen molar-refractivity contribution in [3.8, 4) is 0 Å². The lowest BCUT2D eigenvalue weighted by Gasteiger charge is -2.16. The number of nitrogens with zero attached hydrogens (tertiary/aromatic N) is 3. The quantitative estimate of drug-likeness (QED) is 0.935. The topological polar surface area (TPSA) is 75.2 Å². The van der Waals surface area contributed by atoms with Crippen LogP contribution in [0.25, 0.3) is 0 Å². The average Bonchev–Trinajstić information content (AvgIpc) is 3.19. The van der Waals surface area contributed by atoms with Gasteiger partial charge in [-0.25, -0.2) is 0 Å². The predicted molar refractivity (Wildman–Crippen MR) is 87.4 cm³/mol. The second kappa shape index (κ2) is 5.73. The highest BCUT2D eigenvalue weighted by molar-refractivity contribution is 7.15. The standard InChI is InChI=1S/C16H16N4O2S/c21-13-8-11(9-20(13)12-4-2-1-3-5-12)14(22)17-16-19-18-15(23-16)10-6-7-10/h1-5,10-11H,6-9H2,(H,17,19,22)/t11-/m1/s1. The predicted octanol–water partition coefficient (Wildman–Crippen LogP) is 2.41. The molecule has 1 aliphatic heterocycles. The number of carbonyl (C=O) groups excluding carboxylic acids is 2. The third-order valence-corrected chi connectivity index (χ3v) is 5.16.